The molecule has 0 fully saturated rings. The zero-order valence-electron chi connectivity index (χ0n) is 13.6. The minimum absolute atomic E-state index is 0.361. The minimum atomic E-state index is -7.90. The molecule has 16 heteroatoms. The van der Waals surface area contributed by atoms with Crippen molar-refractivity contribution in [3.63, 3.8) is 0 Å². The Balaban J connectivity index is 3.29. The zero-order chi connectivity index (χ0) is 23.3. The molecule has 0 aliphatic rings. The predicted octanol–water partition coefficient (Wildman–Crippen LogP) is 6.25. The summed E-state index contributed by atoms with van der Waals surface area (Å²) in [6, 6.07) is 0. The van der Waals surface area contributed by atoms with E-state index in [1.54, 1.807) is 0 Å². The van der Waals surface area contributed by atoms with Crippen LogP contribution in [0.4, 0.5) is 57.1 Å². The fourth-order valence-corrected chi connectivity index (χ4v) is 2.24. The molecule has 0 aliphatic carbocycles. The van der Waals surface area contributed by atoms with Crippen molar-refractivity contribution in [3.8, 4) is 0 Å². The Morgan fingerprint density at radius 2 is 1.21 bits per heavy atom. The van der Waals surface area contributed by atoms with Crippen LogP contribution >= 0.6 is 12.2 Å². The first-order valence-corrected chi connectivity index (χ1v) is 7.45. The summed E-state index contributed by atoms with van der Waals surface area (Å²) in [5.74, 6) is -36.8. The van der Waals surface area contributed by atoms with Crippen molar-refractivity contribution in [1.29, 1.82) is 0 Å². The van der Waals surface area contributed by atoms with Gasteiger partial charge in [0.15, 0.2) is 4.77 Å². The summed E-state index contributed by atoms with van der Waals surface area (Å²) in [7, 11) is 0. The summed E-state index contributed by atoms with van der Waals surface area (Å²) in [5.41, 5.74) is 0. The molecule has 1 aromatic rings. The van der Waals surface area contributed by atoms with Crippen LogP contribution in [0.2, 0.25) is 0 Å². The van der Waals surface area contributed by atoms with Crippen molar-refractivity contribution >= 4 is 18.4 Å². The van der Waals surface area contributed by atoms with Crippen molar-refractivity contribution in [2.75, 3.05) is 0 Å². The lowest BCUT2D eigenvalue weighted by atomic mass is 9.92. The second kappa shape index (κ2) is 7.19. The van der Waals surface area contributed by atoms with Crippen LogP contribution in [0.3, 0.4) is 0 Å². The van der Waals surface area contributed by atoms with Gasteiger partial charge in [-0.1, -0.05) is 6.58 Å². The average molecular weight is 472 g/mol. The van der Waals surface area contributed by atoms with E-state index in [2.05, 4.69) is 18.8 Å². The maximum atomic E-state index is 13.7. The van der Waals surface area contributed by atoms with Crippen LogP contribution in [0.5, 0.6) is 0 Å². The van der Waals surface area contributed by atoms with Gasteiger partial charge < -0.3 is 4.57 Å². The second-order valence-electron chi connectivity index (χ2n) is 5.61. The molecule has 0 unspecified atom stereocenters. The van der Waals surface area contributed by atoms with E-state index in [1.165, 1.54) is 0 Å². The zero-order valence-corrected chi connectivity index (χ0v) is 14.4. The smallest absolute Gasteiger partial charge is 0.323 e. The van der Waals surface area contributed by atoms with Gasteiger partial charge >= 0.3 is 35.8 Å². The third kappa shape index (κ3) is 3.74. The van der Waals surface area contributed by atoms with Crippen LogP contribution in [-0.2, 0) is 6.54 Å². The van der Waals surface area contributed by atoms with Gasteiger partial charge in [0.2, 0.25) is 0 Å². The number of halogens is 13. The van der Waals surface area contributed by atoms with Gasteiger partial charge in [-0.25, -0.2) is 0 Å². The number of rotatable bonds is 8. The van der Waals surface area contributed by atoms with Gasteiger partial charge in [-0.2, -0.15) is 57.1 Å². The molecule has 0 aromatic carbocycles. The first kappa shape index (κ1) is 25.3. The Kier molecular flexibility index (Phi) is 6.28. The Morgan fingerprint density at radius 1 is 0.759 bits per heavy atom. The number of aromatic nitrogens is 2. The molecule has 0 spiro atoms. The van der Waals surface area contributed by atoms with E-state index in [4.69, 9.17) is 0 Å². The van der Waals surface area contributed by atoms with Crippen molar-refractivity contribution < 1.29 is 57.1 Å². The van der Waals surface area contributed by atoms with Gasteiger partial charge in [-0.3, -0.25) is 4.57 Å². The maximum absolute atomic E-state index is 13.7. The van der Waals surface area contributed by atoms with Crippen molar-refractivity contribution in [3.05, 3.63) is 23.7 Å². The summed E-state index contributed by atoms with van der Waals surface area (Å²) >= 11 is 4.66. The molecule has 0 N–H and O–H groups in total. The van der Waals surface area contributed by atoms with E-state index in [0.717, 1.165) is 23.2 Å². The third-order valence-corrected chi connectivity index (χ3v) is 4.18. The van der Waals surface area contributed by atoms with Crippen molar-refractivity contribution in [2.24, 2.45) is 0 Å². The molecule has 2 nitrogen and oxygen atoms in total. The lowest BCUT2D eigenvalue weighted by Gasteiger charge is -2.39. The lowest BCUT2D eigenvalue weighted by Crippen LogP contribution is -2.70. The van der Waals surface area contributed by atoms with Crippen LogP contribution in [0, 0.1) is 4.77 Å². The molecule has 1 heterocycles. The van der Waals surface area contributed by atoms with E-state index >= 15 is 0 Å². The molecular weight excluding hydrogens is 463 g/mol. The fourth-order valence-electron chi connectivity index (χ4n) is 1.96. The van der Waals surface area contributed by atoms with Crippen LogP contribution in [0.25, 0.3) is 6.20 Å². The summed E-state index contributed by atoms with van der Waals surface area (Å²) in [6.45, 7) is 1.93. The number of hydrogen-bond donors (Lipinski definition) is 0. The summed E-state index contributed by atoms with van der Waals surface area (Å²) < 4.78 is 170. The van der Waals surface area contributed by atoms with E-state index in [0.29, 0.717) is 4.57 Å². The molecule has 0 aliphatic heterocycles. The monoisotopic (exact) mass is 472 g/mol. The Morgan fingerprint density at radius 3 is 1.59 bits per heavy atom. The van der Waals surface area contributed by atoms with Crippen LogP contribution in [0.15, 0.2) is 19.0 Å². The summed E-state index contributed by atoms with van der Waals surface area (Å²) in [6.07, 6.45) is -6.79. The quantitative estimate of drug-likeness (QED) is 0.321. The highest BCUT2D eigenvalue weighted by molar-refractivity contribution is 7.71. The van der Waals surface area contributed by atoms with Crippen LogP contribution in [0.1, 0.15) is 6.42 Å². The number of nitrogens with zero attached hydrogens (tertiary/aromatic N) is 2. The number of aryl methyl sites for hydroxylation is 1. The maximum Gasteiger partial charge on any atom is 0.460 e. The molecule has 0 saturated carbocycles. The molecule has 0 amide bonds. The molecule has 0 atom stereocenters. The minimum Gasteiger partial charge on any atom is -0.323 e. The molecule has 0 radical (unpaired) electrons. The first-order chi connectivity index (χ1) is 12.7. The standard InChI is InChI=1S/C13H9F13N2S/c1-2-27-5-6-28(7(27)29)4-3-8(14,15)9(16,17)10(18,19)11(20,21)12(22,23)13(24,25)26/h2,5-6H,1,3-4H2. The summed E-state index contributed by atoms with van der Waals surface area (Å²) in [4.78, 5) is 0. The fraction of sp³-hybridized carbons (Fsp3) is 0.615. The molecule has 29 heavy (non-hydrogen) atoms. The average Bonchev–Trinajstić information content (AvgIpc) is 2.91. The van der Waals surface area contributed by atoms with Crippen LogP contribution in [-0.4, -0.2) is 44.9 Å². The predicted molar refractivity (Wildman–Crippen MR) is 75.0 cm³/mol. The Bertz CT molecular complexity index is 802. The van der Waals surface area contributed by atoms with Crippen molar-refractivity contribution in [2.45, 2.75) is 48.8 Å². The van der Waals surface area contributed by atoms with E-state index in [-0.39, 0.29) is 4.77 Å². The molecule has 0 saturated heterocycles. The SMILES string of the molecule is C=Cn1ccn(CCC(F)(F)C(F)(F)C(F)(F)C(F)(F)C(F)(F)C(F)(F)F)c1=S. The molecule has 1 rings (SSSR count). The first-order valence-electron chi connectivity index (χ1n) is 7.04. The molecule has 0 bridgehead atoms. The van der Waals surface area contributed by atoms with Gasteiger partial charge in [0.05, 0.1) is 0 Å². The highest BCUT2D eigenvalue weighted by atomic mass is 32.1. The largest absolute Gasteiger partial charge is 0.460 e. The Hall–Kier alpha value is -1.74. The van der Waals surface area contributed by atoms with Gasteiger partial charge in [-0.05, 0) is 12.2 Å². The molecule has 168 valence electrons. The third-order valence-electron chi connectivity index (χ3n) is 3.74. The van der Waals surface area contributed by atoms with Gasteiger partial charge in [0.1, 0.15) is 0 Å². The molecular formula is C13H9F13N2S. The normalized spacial score (nSPS) is 14.9. The highest BCUT2D eigenvalue weighted by Gasteiger charge is 2.90. The van der Waals surface area contributed by atoms with Gasteiger partial charge in [0, 0.05) is 31.6 Å². The highest BCUT2D eigenvalue weighted by Crippen LogP contribution is 2.60. The second-order valence-corrected chi connectivity index (χ2v) is 5.98. The number of imidazole rings is 1. The number of alkyl halides is 13. The molecule has 1 aromatic heterocycles. The van der Waals surface area contributed by atoms with E-state index in [9.17, 15) is 57.1 Å². The number of hydrogen-bond acceptors (Lipinski definition) is 1. The Labute approximate surface area is 158 Å². The lowest BCUT2D eigenvalue weighted by molar-refractivity contribution is -0.440. The van der Waals surface area contributed by atoms with Gasteiger partial charge in [-0.15, -0.1) is 0 Å². The van der Waals surface area contributed by atoms with Gasteiger partial charge in [0.25, 0.3) is 0 Å². The van der Waals surface area contributed by atoms with Crippen molar-refractivity contribution in [1.82, 2.24) is 9.13 Å². The van der Waals surface area contributed by atoms with E-state index < -0.39 is 48.8 Å². The summed E-state index contributed by atoms with van der Waals surface area (Å²) in [5, 5.41) is 0. The van der Waals surface area contributed by atoms with E-state index in [1.807, 2.05) is 0 Å². The topological polar surface area (TPSA) is 9.86 Å². The van der Waals surface area contributed by atoms with Crippen LogP contribution < -0.4 is 0 Å².